The van der Waals surface area contributed by atoms with Gasteiger partial charge in [-0.15, -0.1) is 10.2 Å². The van der Waals surface area contributed by atoms with E-state index in [0.717, 1.165) is 28.1 Å². The van der Waals surface area contributed by atoms with E-state index >= 15 is 0 Å². The van der Waals surface area contributed by atoms with Crippen LogP contribution in [0, 0.1) is 0 Å². The van der Waals surface area contributed by atoms with Gasteiger partial charge in [0.05, 0.1) is 7.11 Å². The van der Waals surface area contributed by atoms with Gasteiger partial charge < -0.3 is 14.4 Å². The monoisotopic (exact) mass is 305 g/mol. The number of aryl methyl sites for hydroxylation is 1. The summed E-state index contributed by atoms with van der Waals surface area (Å²) in [6.45, 7) is 0. The smallest absolute Gasteiger partial charge is 0.328 e. The SMILES string of the molecule is COc1ccc(C=CC(=O)O)c(CSc2nncn2C)c1. The normalized spacial score (nSPS) is 11.0. The summed E-state index contributed by atoms with van der Waals surface area (Å²) in [5.74, 6) is 0.400. The van der Waals surface area contributed by atoms with E-state index in [0.29, 0.717) is 5.75 Å². The van der Waals surface area contributed by atoms with Crippen molar-refractivity contribution in [3.05, 3.63) is 41.7 Å². The van der Waals surface area contributed by atoms with Crippen molar-refractivity contribution in [1.29, 1.82) is 0 Å². The highest BCUT2D eigenvalue weighted by atomic mass is 32.2. The van der Waals surface area contributed by atoms with Crippen LogP contribution in [0.25, 0.3) is 6.08 Å². The van der Waals surface area contributed by atoms with E-state index < -0.39 is 5.97 Å². The molecule has 6 nitrogen and oxygen atoms in total. The number of rotatable bonds is 6. The third-order valence-electron chi connectivity index (χ3n) is 2.78. The molecule has 0 radical (unpaired) electrons. The lowest BCUT2D eigenvalue weighted by Gasteiger charge is -2.08. The van der Waals surface area contributed by atoms with Crippen molar-refractivity contribution in [2.24, 2.45) is 7.05 Å². The molecular weight excluding hydrogens is 290 g/mol. The molecule has 21 heavy (non-hydrogen) atoms. The third-order valence-corrected chi connectivity index (χ3v) is 3.87. The van der Waals surface area contributed by atoms with E-state index in [2.05, 4.69) is 10.2 Å². The molecule has 1 heterocycles. The van der Waals surface area contributed by atoms with Crippen LogP contribution in [0.15, 0.2) is 35.8 Å². The molecule has 0 saturated heterocycles. The van der Waals surface area contributed by atoms with Crippen LogP contribution in [0.1, 0.15) is 11.1 Å². The van der Waals surface area contributed by atoms with Crippen molar-refractivity contribution in [1.82, 2.24) is 14.8 Å². The molecule has 2 rings (SSSR count). The number of nitrogens with zero attached hydrogens (tertiary/aromatic N) is 3. The standard InChI is InChI=1S/C14H15N3O3S/c1-17-9-15-16-14(17)21-8-11-7-12(20-2)5-3-10(11)4-6-13(18)19/h3-7,9H,8H2,1-2H3,(H,18,19). The van der Waals surface area contributed by atoms with Gasteiger partial charge in [-0.25, -0.2) is 4.79 Å². The first kappa shape index (κ1) is 15.1. The lowest BCUT2D eigenvalue weighted by atomic mass is 10.1. The summed E-state index contributed by atoms with van der Waals surface area (Å²) in [6.07, 6.45) is 4.34. The van der Waals surface area contributed by atoms with Crippen LogP contribution < -0.4 is 4.74 Å². The maximum Gasteiger partial charge on any atom is 0.328 e. The Morgan fingerprint density at radius 3 is 2.95 bits per heavy atom. The minimum Gasteiger partial charge on any atom is -0.497 e. The number of ether oxygens (including phenoxy) is 1. The van der Waals surface area contributed by atoms with Gasteiger partial charge >= 0.3 is 5.97 Å². The first-order chi connectivity index (χ1) is 10.1. The van der Waals surface area contributed by atoms with Crippen molar-refractivity contribution in [2.45, 2.75) is 10.9 Å². The number of aliphatic carboxylic acids is 1. The second kappa shape index (κ2) is 6.94. The molecule has 0 aliphatic rings. The van der Waals surface area contributed by atoms with Gasteiger partial charge in [0.25, 0.3) is 0 Å². The molecule has 1 aromatic carbocycles. The highest BCUT2D eigenvalue weighted by Gasteiger charge is 2.07. The summed E-state index contributed by atoms with van der Waals surface area (Å²) < 4.78 is 7.04. The number of methoxy groups -OCH3 is 1. The van der Waals surface area contributed by atoms with Crippen LogP contribution in [0.5, 0.6) is 5.75 Å². The quantitative estimate of drug-likeness (QED) is 0.651. The first-order valence-electron chi connectivity index (χ1n) is 6.15. The topological polar surface area (TPSA) is 77.2 Å². The molecule has 0 bridgehead atoms. The second-order valence-electron chi connectivity index (χ2n) is 4.25. The van der Waals surface area contributed by atoms with Crippen molar-refractivity contribution in [3.8, 4) is 5.75 Å². The number of benzene rings is 1. The summed E-state index contributed by atoms with van der Waals surface area (Å²) in [6, 6.07) is 5.54. The molecule has 0 aliphatic carbocycles. The fourth-order valence-electron chi connectivity index (χ4n) is 1.70. The Hall–Kier alpha value is -2.28. The molecule has 0 saturated carbocycles. The Kier molecular flexibility index (Phi) is 4.99. The van der Waals surface area contributed by atoms with Crippen LogP contribution in [-0.2, 0) is 17.6 Å². The summed E-state index contributed by atoms with van der Waals surface area (Å²) in [5, 5.41) is 17.4. The molecule has 0 amide bonds. The second-order valence-corrected chi connectivity index (χ2v) is 5.19. The van der Waals surface area contributed by atoms with E-state index in [4.69, 9.17) is 9.84 Å². The van der Waals surface area contributed by atoms with Crippen molar-refractivity contribution in [2.75, 3.05) is 7.11 Å². The molecular formula is C14H15N3O3S. The van der Waals surface area contributed by atoms with E-state index in [1.54, 1.807) is 25.6 Å². The fourth-order valence-corrected chi connectivity index (χ4v) is 2.59. The average Bonchev–Trinajstić information content (AvgIpc) is 2.88. The van der Waals surface area contributed by atoms with E-state index in [1.165, 1.54) is 11.8 Å². The number of hydrogen-bond donors (Lipinski definition) is 1. The van der Waals surface area contributed by atoms with Crippen molar-refractivity contribution >= 4 is 23.8 Å². The maximum absolute atomic E-state index is 10.7. The number of carbonyl (C=O) groups is 1. The zero-order valence-electron chi connectivity index (χ0n) is 11.7. The van der Waals surface area contributed by atoms with E-state index in [1.807, 2.05) is 23.7 Å². The number of carboxylic acids is 1. The zero-order chi connectivity index (χ0) is 15.2. The fraction of sp³-hybridized carbons (Fsp3) is 0.214. The highest BCUT2D eigenvalue weighted by molar-refractivity contribution is 7.98. The summed E-state index contributed by atoms with van der Waals surface area (Å²) in [7, 11) is 3.47. The Balaban J connectivity index is 2.22. The van der Waals surface area contributed by atoms with Gasteiger partial charge in [-0.3, -0.25) is 0 Å². The molecule has 2 aromatic rings. The van der Waals surface area contributed by atoms with Crippen LogP contribution in [-0.4, -0.2) is 33.0 Å². The van der Waals surface area contributed by atoms with Gasteiger partial charge in [-0.2, -0.15) is 0 Å². The molecule has 0 spiro atoms. The van der Waals surface area contributed by atoms with Gasteiger partial charge in [0.15, 0.2) is 5.16 Å². The van der Waals surface area contributed by atoms with Crippen LogP contribution >= 0.6 is 11.8 Å². The third kappa shape index (κ3) is 4.09. The molecule has 1 aromatic heterocycles. The van der Waals surface area contributed by atoms with Gasteiger partial charge in [0.1, 0.15) is 12.1 Å². The minimum atomic E-state index is -0.974. The van der Waals surface area contributed by atoms with E-state index in [-0.39, 0.29) is 0 Å². The summed E-state index contributed by atoms with van der Waals surface area (Å²) >= 11 is 1.53. The van der Waals surface area contributed by atoms with Gasteiger partial charge in [0, 0.05) is 18.9 Å². The predicted octanol–water partition coefficient (Wildman–Crippen LogP) is 2.21. The molecule has 1 N–H and O–H groups in total. The number of hydrogen-bond acceptors (Lipinski definition) is 5. The summed E-state index contributed by atoms with van der Waals surface area (Å²) in [5.41, 5.74) is 1.81. The lowest BCUT2D eigenvalue weighted by Crippen LogP contribution is -1.94. The molecule has 0 atom stereocenters. The molecule has 0 fully saturated rings. The molecule has 110 valence electrons. The zero-order valence-corrected chi connectivity index (χ0v) is 12.5. The Morgan fingerprint density at radius 1 is 1.52 bits per heavy atom. The predicted molar refractivity (Wildman–Crippen MR) is 80.2 cm³/mol. The Morgan fingerprint density at radius 2 is 2.33 bits per heavy atom. The van der Waals surface area contributed by atoms with Crippen LogP contribution in [0.3, 0.4) is 0 Å². The molecule has 0 aliphatic heterocycles. The summed E-state index contributed by atoms with van der Waals surface area (Å²) in [4.78, 5) is 10.7. The average molecular weight is 305 g/mol. The Bertz CT molecular complexity index is 667. The first-order valence-corrected chi connectivity index (χ1v) is 7.13. The van der Waals surface area contributed by atoms with Crippen LogP contribution in [0.4, 0.5) is 0 Å². The Labute approximate surface area is 126 Å². The van der Waals surface area contributed by atoms with Crippen molar-refractivity contribution < 1.29 is 14.6 Å². The van der Waals surface area contributed by atoms with Crippen LogP contribution in [0.2, 0.25) is 0 Å². The van der Waals surface area contributed by atoms with Crippen molar-refractivity contribution in [3.63, 3.8) is 0 Å². The molecule has 7 heteroatoms. The lowest BCUT2D eigenvalue weighted by molar-refractivity contribution is -0.131. The minimum absolute atomic E-state index is 0.642. The number of aromatic nitrogens is 3. The maximum atomic E-state index is 10.7. The van der Waals surface area contributed by atoms with Gasteiger partial charge in [-0.05, 0) is 29.3 Å². The highest BCUT2D eigenvalue weighted by Crippen LogP contribution is 2.26. The molecule has 0 unspecified atom stereocenters. The van der Waals surface area contributed by atoms with E-state index in [9.17, 15) is 4.79 Å². The van der Waals surface area contributed by atoms with Gasteiger partial charge in [-0.1, -0.05) is 17.8 Å². The van der Waals surface area contributed by atoms with Gasteiger partial charge in [0.2, 0.25) is 0 Å². The number of thioether (sulfide) groups is 1. The largest absolute Gasteiger partial charge is 0.497 e. The number of carboxylic acid groups (broad SMARTS) is 1.